The summed E-state index contributed by atoms with van der Waals surface area (Å²) in [4.78, 5) is 17.2. The van der Waals surface area contributed by atoms with Crippen LogP contribution in [0.1, 0.15) is 56.0 Å². The van der Waals surface area contributed by atoms with Gasteiger partial charge in [0.25, 0.3) is 0 Å². The number of aromatic carboxylic acids is 1. The highest BCUT2D eigenvalue weighted by Crippen LogP contribution is 2.37. The van der Waals surface area contributed by atoms with E-state index in [0.717, 1.165) is 47.8 Å². The largest absolute Gasteiger partial charge is 0.490 e. The van der Waals surface area contributed by atoms with Crippen LogP contribution in [0.25, 0.3) is 33.1 Å². The van der Waals surface area contributed by atoms with Crippen LogP contribution in [0.3, 0.4) is 0 Å². The standard InChI is InChI=1S/C26H27NO4/c1-4-9-17(6-3)31-23-13-12-16(5-2)25-24(23)19(26(28)29)14-21(27-25)20-15-30-22-11-8-7-10-18(20)22/h7-8,10-15,17H,4-6,9H2,1-3H3,(H,28,29). The third-order valence-corrected chi connectivity index (χ3v) is 5.73. The number of aryl methyl sites for hydroxylation is 1. The van der Waals surface area contributed by atoms with E-state index in [0.29, 0.717) is 22.3 Å². The molecule has 2 aromatic heterocycles. The number of para-hydroxylation sites is 1. The van der Waals surface area contributed by atoms with Crippen LogP contribution in [0.5, 0.6) is 5.75 Å². The molecule has 1 unspecified atom stereocenters. The van der Waals surface area contributed by atoms with Crippen molar-refractivity contribution in [1.82, 2.24) is 4.98 Å². The molecular weight excluding hydrogens is 390 g/mol. The molecule has 160 valence electrons. The maximum atomic E-state index is 12.3. The highest BCUT2D eigenvalue weighted by Gasteiger charge is 2.21. The van der Waals surface area contributed by atoms with Crippen molar-refractivity contribution in [2.24, 2.45) is 0 Å². The molecule has 0 amide bonds. The number of ether oxygens (including phenoxy) is 1. The highest BCUT2D eigenvalue weighted by molar-refractivity contribution is 6.08. The lowest BCUT2D eigenvalue weighted by Gasteiger charge is -2.20. The minimum Gasteiger partial charge on any atom is -0.490 e. The van der Waals surface area contributed by atoms with Crippen LogP contribution in [0.2, 0.25) is 0 Å². The van der Waals surface area contributed by atoms with Gasteiger partial charge in [-0.1, -0.05) is 51.5 Å². The van der Waals surface area contributed by atoms with E-state index in [2.05, 4.69) is 13.8 Å². The number of pyridine rings is 1. The molecule has 0 bridgehead atoms. The number of nitrogens with zero attached hydrogens (tertiary/aromatic N) is 1. The molecule has 5 nitrogen and oxygen atoms in total. The molecule has 2 aromatic carbocycles. The van der Waals surface area contributed by atoms with Crippen molar-refractivity contribution in [2.45, 2.75) is 52.6 Å². The van der Waals surface area contributed by atoms with Gasteiger partial charge < -0.3 is 14.3 Å². The van der Waals surface area contributed by atoms with E-state index in [1.54, 1.807) is 12.3 Å². The van der Waals surface area contributed by atoms with Gasteiger partial charge in [-0.2, -0.15) is 0 Å². The summed E-state index contributed by atoms with van der Waals surface area (Å²) >= 11 is 0. The summed E-state index contributed by atoms with van der Waals surface area (Å²) in [6, 6.07) is 13.2. The van der Waals surface area contributed by atoms with E-state index < -0.39 is 5.97 Å². The first-order chi connectivity index (χ1) is 15.1. The normalized spacial score (nSPS) is 12.4. The monoisotopic (exact) mass is 417 g/mol. The molecule has 1 N–H and O–H groups in total. The Morgan fingerprint density at radius 3 is 2.68 bits per heavy atom. The average Bonchev–Trinajstić information content (AvgIpc) is 3.22. The van der Waals surface area contributed by atoms with Gasteiger partial charge in [0.15, 0.2) is 0 Å². The Labute approximate surface area is 181 Å². The number of fused-ring (bicyclic) bond motifs is 2. The summed E-state index contributed by atoms with van der Waals surface area (Å²) in [5.74, 6) is -0.413. The van der Waals surface area contributed by atoms with Crippen molar-refractivity contribution in [3.8, 4) is 17.0 Å². The summed E-state index contributed by atoms with van der Waals surface area (Å²) in [7, 11) is 0. The Morgan fingerprint density at radius 2 is 1.97 bits per heavy atom. The van der Waals surface area contributed by atoms with Gasteiger partial charge in [0.05, 0.1) is 28.3 Å². The first-order valence-electron chi connectivity index (χ1n) is 10.9. The Balaban J connectivity index is 1.97. The fourth-order valence-electron chi connectivity index (χ4n) is 4.08. The van der Waals surface area contributed by atoms with Crippen LogP contribution >= 0.6 is 0 Å². The summed E-state index contributed by atoms with van der Waals surface area (Å²) in [6.07, 6.45) is 5.21. The molecule has 0 aliphatic carbocycles. The fourth-order valence-corrected chi connectivity index (χ4v) is 4.08. The predicted molar refractivity (Wildman–Crippen MR) is 123 cm³/mol. The molecule has 0 aliphatic heterocycles. The third kappa shape index (κ3) is 3.88. The third-order valence-electron chi connectivity index (χ3n) is 5.73. The first-order valence-corrected chi connectivity index (χ1v) is 10.9. The van der Waals surface area contributed by atoms with Crippen molar-refractivity contribution in [3.63, 3.8) is 0 Å². The number of hydrogen-bond donors (Lipinski definition) is 1. The molecule has 0 saturated carbocycles. The molecule has 0 spiro atoms. The summed E-state index contributed by atoms with van der Waals surface area (Å²) < 4.78 is 12.0. The minimum atomic E-state index is -0.997. The number of carbonyl (C=O) groups is 1. The van der Waals surface area contributed by atoms with Crippen LogP contribution in [0, 0.1) is 0 Å². The fraction of sp³-hybridized carbons (Fsp3) is 0.308. The predicted octanol–water partition coefficient (Wildman–Crippen LogP) is 6.87. The number of carboxylic acids is 1. The number of rotatable bonds is 8. The van der Waals surface area contributed by atoms with E-state index >= 15 is 0 Å². The molecule has 0 aliphatic rings. The number of aromatic nitrogens is 1. The maximum absolute atomic E-state index is 12.3. The van der Waals surface area contributed by atoms with E-state index in [9.17, 15) is 9.90 Å². The quantitative estimate of drug-likeness (QED) is 0.339. The average molecular weight is 418 g/mol. The maximum Gasteiger partial charge on any atom is 0.336 e. The zero-order valence-corrected chi connectivity index (χ0v) is 18.1. The second-order valence-electron chi connectivity index (χ2n) is 7.74. The Bertz CT molecular complexity index is 1240. The minimum absolute atomic E-state index is 0.0415. The van der Waals surface area contributed by atoms with Crippen LogP contribution in [0.4, 0.5) is 0 Å². The van der Waals surface area contributed by atoms with Gasteiger partial charge >= 0.3 is 5.97 Å². The lowest BCUT2D eigenvalue weighted by Crippen LogP contribution is -2.16. The topological polar surface area (TPSA) is 72.6 Å². The van der Waals surface area contributed by atoms with Crippen molar-refractivity contribution in [3.05, 3.63) is 59.9 Å². The highest BCUT2D eigenvalue weighted by atomic mass is 16.5. The number of benzene rings is 2. The first kappa shape index (κ1) is 20.9. The molecule has 4 aromatic rings. The van der Waals surface area contributed by atoms with E-state index in [1.807, 2.05) is 43.3 Å². The van der Waals surface area contributed by atoms with Crippen LogP contribution in [-0.4, -0.2) is 22.2 Å². The summed E-state index contributed by atoms with van der Waals surface area (Å²) in [6.45, 7) is 6.25. The van der Waals surface area contributed by atoms with Gasteiger partial charge in [0.2, 0.25) is 0 Å². The van der Waals surface area contributed by atoms with Gasteiger partial charge in [-0.15, -0.1) is 0 Å². The number of carboxylic acid groups (broad SMARTS) is 1. The van der Waals surface area contributed by atoms with Gasteiger partial charge in [-0.25, -0.2) is 9.78 Å². The van der Waals surface area contributed by atoms with Gasteiger partial charge in [0, 0.05) is 10.9 Å². The van der Waals surface area contributed by atoms with Gasteiger partial charge in [-0.3, -0.25) is 0 Å². The number of furan rings is 1. The summed E-state index contributed by atoms with van der Waals surface area (Å²) in [5, 5.41) is 11.6. The molecule has 4 rings (SSSR count). The van der Waals surface area contributed by atoms with Gasteiger partial charge in [-0.05, 0) is 43.0 Å². The van der Waals surface area contributed by atoms with E-state index in [1.165, 1.54) is 0 Å². The van der Waals surface area contributed by atoms with Gasteiger partial charge in [0.1, 0.15) is 17.6 Å². The lowest BCUT2D eigenvalue weighted by molar-refractivity contribution is 0.0698. The molecule has 5 heteroatoms. The molecule has 0 fully saturated rings. The molecule has 0 saturated heterocycles. The second-order valence-corrected chi connectivity index (χ2v) is 7.74. The molecular formula is C26H27NO4. The Morgan fingerprint density at radius 1 is 1.16 bits per heavy atom. The van der Waals surface area contributed by atoms with Crippen molar-refractivity contribution in [1.29, 1.82) is 0 Å². The smallest absolute Gasteiger partial charge is 0.336 e. The van der Waals surface area contributed by atoms with Crippen molar-refractivity contribution >= 4 is 27.8 Å². The van der Waals surface area contributed by atoms with Crippen LogP contribution in [-0.2, 0) is 6.42 Å². The van der Waals surface area contributed by atoms with Crippen LogP contribution < -0.4 is 4.74 Å². The zero-order chi connectivity index (χ0) is 22.0. The molecule has 31 heavy (non-hydrogen) atoms. The molecule has 1 atom stereocenters. The Hall–Kier alpha value is -3.34. The van der Waals surface area contributed by atoms with Crippen molar-refractivity contribution in [2.75, 3.05) is 0 Å². The molecule has 0 radical (unpaired) electrons. The zero-order valence-electron chi connectivity index (χ0n) is 18.1. The lowest BCUT2D eigenvalue weighted by atomic mass is 9.99. The van der Waals surface area contributed by atoms with Crippen LogP contribution in [0.15, 0.2) is 53.1 Å². The van der Waals surface area contributed by atoms with Crippen molar-refractivity contribution < 1.29 is 19.1 Å². The summed E-state index contributed by atoms with van der Waals surface area (Å²) in [5.41, 5.74) is 3.97. The van der Waals surface area contributed by atoms with E-state index in [4.69, 9.17) is 14.1 Å². The van der Waals surface area contributed by atoms with E-state index in [-0.39, 0.29) is 11.7 Å². The second kappa shape index (κ2) is 8.80. The SMILES string of the molecule is CCCC(CC)Oc1ccc(CC)c2nc(-c3coc4ccccc34)cc(C(=O)O)c12. The number of hydrogen-bond acceptors (Lipinski definition) is 4. The molecule has 2 heterocycles. The Kier molecular flexibility index (Phi) is 5.94.